The molecule has 7 heteroatoms. The Labute approximate surface area is 158 Å². The Morgan fingerprint density at radius 2 is 1.52 bits per heavy atom. The van der Waals surface area contributed by atoms with Crippen molar-refractivity contribution in [1.29, 1.82) is 0 Å². The summed E-state index contributed by atoms with van der Waals surface area (Å²) in [5, 5.41) is 10.3. The molecule has 1 rings (SSSR count). The van der Waals surface area contributed by atoms with Crippen LogP contribution in [-0.2, 0) is 0 Å². The molecule has 0 aliphatic carbocycles. The van der Waals surface area contributed by atoms with Gasteiger partial charge in [0, 0.05) is 6.54 Å². The van der Waals surface area contributed by atoms with E-state index >= 15 is 0 Å². The second kappa shape index (κ2) is 10.5. The van der Waals surface area contributed by atoms with Crippen LogP contribution in [0.5, 0.6) is 5.75 Å². The summed E-state index contributed by atoms with van der Waals surface area (Å²) in [6.07, 6.45) is 2.13. The Balaban J connectivity index is 3.14. The quantitative estimate of drug-likeness (QED) is 0.297. The number of aliphatic hydroxyl groups is 1. The number of halogens is 4. The van der Waals surface area contributed by atoms with E-state index in [1.807, 2.05) is 31.6 Å². The number of nitrogens with zero attached hydrogens (tertiary/aromatic N) is 1. The van der Waals surface area contributed by atoms with Crippen LogP contribution in [0.3, 0.4) is 0 Å². The Hall–Kier alpha value is -1.78. The number of likely N-dealkylation sites (N-methyl/N-ethyl adjacent to an activating group) is 1. The lowest BCUT2D eigenvalue weighted by atomic mass is 10.1. The molecule has 1 unspecified atom stereocenters. The molecular weight excluding hydrogens is 362 g/mol. The van der Waals surface area contributed by atoms with E-state index in [2.05, 4.69) is 5.92 Å². The number of rotatable bonds is 9. The van der Waals surface area contributed by atoms with Crippen LogP contribution >= 0.6 is 0 Å². The molecule has 0 amide bonds. The number of hydrogen-bond acceptors (Lipinski definition) is 3. The summed E-state index contributed by atoms with van der Waals surface area (Å²) in [7, 11) is 0. The molecule has 0 radical (unpaired) electrons. The van der Waals surface area contributed by atoms with E-state index < -0.39 is 40.2 Å². The van der Waals surface area contributed by atoms with Gasteiger partial charge in [-0.1, -0.05) is 45.5 Å². The third kappa shape index (κ3) is 6.40. The van der Waals surface area contributed by atoms with Gasteiger partial charge in [-0.3, -0.25) is 0 Å². The van der Waals surface area contributed by atoms with Crippen molar-refractivity contribution < 1.29 is 27.4 Å². The van der Waals surface area contributed by atoms with E-state index in [0.717, 1.165) is 12.8 Å². The van der Waals surface area contributed by atoms with Gasteiger partial charge in [0.1, 0.15) is 11.2 Å². The molecule has 1 aromatic rings. The first-order valence-corrected chi connectivity index (χ1v) is 9.15. The maximum Gasteiger partial charge on any atom is 0.205 e. The summed E-state index contributed by atoms with van der Waals surface area (Å²) >= 11 is 0. The van der Waals surface area contributed by atoms with Gasteiger partial charge in [-0.2, -0.15) is 8.78 Å². The Morgan fingerprint density at radius 1 is 0.963 bits per heavy atom. The molecule has 27 heavy (non-hydrogen) atoms. The smallest absolute Gasteiger partial charge is 0.205 e. The fraction of sp³-hybridized carbons (Fsp3) is 0.600. The highest BCUT2D eigenvalue weighted by atomic mass is 19.2. The van der Waals surface area contributed by atoms with Crippen LogP contribution < -0.4 is 4.74 Å². The van der Waals surface area contributed by atoms with Crippen LogP contribution in [-0.4, -0.2) is 41.8 Å². The summed E-state index contributed by atoms with van der Waals surface area (Å²) in [5.41, 5.74) is -2.67. The molecule has 1 N–H and O–H groups in total. The second-order valence-corrected chi connectivity index (χ2v) is 6.50. The predicted octanol–water partition coefficient (Wildman–Crippen LogP) is 4.26. The zero-order chi connectivity index (χ0) is 20.6. The second-order valence-electron chi connectivity index (χ2n) is 6.50. The molecule has 0 aliphatic rings. The molecule has 0 heterocycles. The van der Waals surface area contributed by atoms with Gasteiger partial charge in [-0.05, 0) is 26.4 Å². The molecule has 0 aromatic heterocycles. The van der Waals surface area contributed by atoms with Crippen molar-refractivity contribution >= 4 is 0 Å². The fourth-order valence-electron chi connectivity index (χ4n) is 2.49. The van der Waals surface area contributed by atoms with Crippen molar-refractivity contribution in [3.05, 3.63) is 28.8 Å². The van der Waals surface area contributed by atoms with E-state index in [4.69, 9.17) is 4.74 Å². The minimum absolute atomic E-state index is 0.0514. The summed E-state index contributed by atoms with van der Waals surface area (Å²) in [6.45, 7) is 8.43. The van der Waals surface area contributed by atoms with Gasteiger partial charge in [0.2, 0.25) is 11.6 Å². The first-order valence-electron chi connectivity index (χ1n) is 9.15. The van der Waals surface area contributed by atoms with Crippen molar-refractivity contribution in [3.63, 3.8) is 0 Å². The van der Waals surface area contributed by atoms with Crippen LogP contribution in [0.15, 0.2) is 0 Å². The van der Waals surface area contributed by atoms with Gasteiger partial charge in [-0.15, -0.1) is 0 Å². The van der Waals surface area contributed by atoms with E-state index in [9.17, 15) is 22.7 Å². The van der Waals surface area contributed by atoms with Gasteiger partial charge in [0.25, 0.3) is 0 Å². The van der Waals surface area contributed by atoms with Gasteiger partial charge in [0.05, 0.1) is 6.61 Å². The summed E-state index contributed by atoms with van der Waals surface area (Å²) in [5.74, 6) is -3.26. The summed E-state index contributed by atoms with van der Waals surface area (Å²) in [6, 6.07) is 0. The third-order valence-electron chi connectivity index (χ3n) is 4.10. The lowest BCUT2D eigenvalue weighted by Gasteiger charge is -2.25. The van der Waals surface area contributed by atoms with Crippen molar-refractivity contribution in [1.82, 2.24) is 4.90 Å². The maximum absolute atomic E-state index is 14.2. The van der Waals surface area contributed by atoms with Gasteiger partial charge < -0.3 is 14.7 Å². The van der Waals surface area contributed by atoms with Gasteiger partial charge in [-0.25, -0.2) is 8.78 Å². The van der Waals surface area contributed by atoms with Crippen molar-refractivity contribution in [2.75, 3.05) is 26.2 Å². The monoisotopic (exact) mass is 389 g/mol. The lowest BCUT2D eigenvalue weighted by Crippen LogP contribution is -2.39. The molecule has 0 fully saturated rings. The molecule has 0 spiro atoms. The highest BCUT2D eigenvalue weighted by Gasteiger charge is 2.27. The minimum Gasteiger partial charge on any atom is -0.487 e. The normalized spacial score (nSPS) is 13.3. The summed E-state index contributed by atoms with van der Waals surface area (Å²) in [4.78, 5) is 1.86. The summed E-state index contributed by atoms with van der Waals surface area (Å²) < 4.78 is 61.5. The Kier molecular flexibility index (Phi) is 9.07. The number of benzene rings is 1. The lowest BCUT2D eigenvalue weighted by molar-refractivity contribution is 0.0742. The van der Waals surface area contributed by atoms with Crippen molar-refractivity contribution in [3.8, 4) is 17.6 Å². The molecule has 0 bridgehead atoms. The largest absolute Gasteiger partial charge is 0.487 e. The third-order valence-corrected chi connectivity index (χ3v) is 4.10. The van der Waals surface area contributed by atoms with E-state index in [-0.39, 0.29) is 13.2 Å². The maximum atomic E-state index is 14.2. The SMILES string of the molecule is CCCCCOc1c(F)c(F)c(C#CC(C)(O)CN(CC)CC)c(F)c1F. The standard InChI is InChI=1S/C20H27F4NO2/c1-5-8-9-12-27-19-17(23)15(21)14(16(22)18(19)24)10-11-20(4,26)13-25(6-2)7-3/h26H,5-9,12-13H2,1-4H3. The van der Waals surface area contributed by atoms with Gasteiger partial charge >= 0.3 is 0 Å². The average molecular weight is 389 g/mol. The van der Waals surface area contributed by atoms with E-state index in [1.165, 1.54) is 6.92 Å². The zero-order valence-electron chi connectivity index (χ0n) is 16.3. The van der Waals surface area contributed by atoms with Crippen LogP contribution in [0.4, 0.5) is 17.6 Å². The fourth-order valence-corrected chi connectivity index (χ4v) is 2.49. The molecule has 152 valence electrons. The van der Waals surface area contributed by atoms with Crippen LogP contribution in [0, 0.1) is 35.1 Å². The van der Waals surface area contributed by atoms with Crippen LogP contribution in [0.2, 0.25) is 0 Å². The molecule has 0 saturated heterocycles. The molecule has 0 saturated carbocycles. The van der Waals surface area contributed by atoms with Crippen molar-refractivity contribution in [2.24, 2.45) is 0 Å². The number of ether oxygens (including phenoxy) is 1. The first-order chi connectivity index (χ1) is 12.7. The van der Waals surface area contributed by atoms with E-state index in [0.29, 0.717) is 19.5 Å². The van der Waals surface area contributed by atoms with E-state index in [1.54, 1.807) is 0 Å². The van der Waals surface area contributed by atoms with Crippen molar-refractivity contribution in [2.45, 2.75) is 52.6 Å². The molecule has 3 nitrogen and oxygen atoms in total. The van der Waals surface area contributed by atoms with Crippen LogP contribution in [0.1, 0.15) is 52.5 Å². The molecule has 0 aliphatic heterocycles. The van der Waals surface area contributed by atoms with Crippen LogP contribution in [0.25, 0.3) is 0 Å². The first kappa shape index (κ1) is 23.3. The topological polar surface area (TPSA) is 32.7 Å². The number of unbranched alkanes of at least 4 members (excludes halogenated alkanes) is 2. The minimum atomic E-state index is -1.63. The van der Waals surface area contributed by atoms with Gasteiger partial charge in [0.15, 0.2) is 17.4 Å². The highest BCUT2D eigenvalue weighted by Crippen LogP contribution is 2.30. The number of hydrogen-bond donors (Lipinski definition) is 1. The molecular formula is C20H27F4NO2. The molecule has 1 atom stereocenters. The highest BCUT2D eigenvalue weighted by molar-refractivity contribution is 5.44. The molecule has 1 aromatic carbocycles. The Morgan fingerprint density at radius 3 is 2.00 bits per heavy atom. The Bertz CT molecular complexity index is 662. The predicted molar refractivity (Wildman–Crippen MR) is 96.6 cm³/mol. The zero-order valence-corrected chi connectivity index (χ0v) is 16.3. The average Bonchev–Trinajstić information content (AvgIpc) is 2.63.